The van der Waals surface area contributed by atoms with Crippen LogP contribution in [-0.4, -0.2) is 33.7 Å². The largest absolute Gasteiger partial charge is 0.375 e. The summed E-state index contributed by atoms with van der Waals surface area (Å²) >= 11 is 1.52. The molecule has 2 N–H and O–H groups in total. The molecule has 0 saturated carbocycles. The summed E-state index contributed by atoms with van der Waals surface area (Å²) in [6.07, 6.45) is 1.41. The molecule has 7 heteroatoms. The van der Waals surface area contributed by atoms with Gasteiger partial charge in [0.1, 0.15) is 0 Å². The third-order valence-electron chi connectivity index (χ3n) is 3.58. The maximum atomic E-state index is 12.6. The summed E-state index contributed by atoms with van der Waals surface area (Å²) in [4.78, 5) is 2.27. The molecule has 2 rings (SSSR count). The van der Waals surface area contributed by atoms with Crippen LogP contribution in [0.3, 0.4) is 0 Å². The van der Waals surface area contributed by atoms with Gasteiger partial charge in [-0.25, -0.2) is 13.1 Å². The average Bonchev–Trinajstić information content (AvgIpc) is 2.69. The van der Waals surface area contributed by atoms with Gasteiger partial charge in [0.2, 0.25) is 10.0 Å². The van der Waals surface area contributed by atoms with Crippen molar-refractivity contribution in [3.63, 3.8) is 0 Å². The molecule has 1 aliphatic heterocycles. The number of ether oxygens (including phenoxy) is 1. The van der Waals surface area contributed by atoms with Crippen molar-refractivity contribution in [2.45, 2.75) is 56.7 Å². The minimum atomic E-state index is -3.46. The third-order valence-corrected chi connectivity index (χ3v) is 6.41. The molecular weight excluding hydrogens is 308 g/mol. The Hall–Kier alpha value is -0.470. The first-order chi connectivity index (χ1) is 9.73. The standard InChI is InChI=1S/C14H24N2O3S2/c1-10-13(7-12(20-10)9-15-4)21(17,18)16-11-5-6-19-14(2,3)8-11/h7,11,15-16H,5-6,8-9H2,1-4H3. The highest BCUT2D eigenvalue weighted by molar-refractivity contribution is 7.89. The molecule has 1 aromatic heterocycles. The van der Waals surface area contributed by atoms with Crippen molar-refractivity contribution in [2.24, 2.45) is 0 Å². The molecular formula is C14H24N2O3S2. The van der Waals surface area contributed by atoms with Gasteiger partial charge in [0.15, 0.2) is 0 Å². The lowest BCUT2D eigenvalue weighted by molar-refractivity contribution is -0.0599. The van der Waals surface area contributed by atoms with E-state index in [1.807, 2.05) is 27.8 Å². The van der Waals surface area contributed by atoms with Crippen molar-refractivity contribution in [3.8, 4) is 0 Å². The first kappa shape index (κ1) is 16.9. The average molecular weight is 332 g/mol. The van der Waals surface area contributed by atoms with Crippen LogP contribution in [0.25, 0.3) is 0 Å². The molecule has 0 aromatic carbocycles. The molecule has 120 valence electrons. The molecule has 21 heavy (non-hydrogen) atoms. The monoisotopic (exact) mass is 332 g/mol. The van der Waals surface area contributed by atoms with Gasteiger partial charge in [-0.05, 0) is 46.7 Å². The fraction of sp³-hybridized carbons (Fsp3) is 0.714. The van der Waals surface area contributed by atoms with E-state index in [0.717, 1.165) is 16.2 Å². The molecule has 1 aliphatic rings. The summed E-state index contributed by atoms with van der Waals surface area (Å²) in [6, 6.07) is 1.70. The highest BCUT2D eigenvalue weighted by atomic mass is 32.2. The molecule has 1 aromatic rings. The number of nitrogens with one attached hydrogen (secondary N) is 2. The molecule has 1 saturated heterocycles. The Morgan fingerprint density at radius 1 is 1.48 bits per heavy atom. The summed E-state index contributed by atoms with van der Waals surface area (Å²) in [7, 11) is -1.61. The van der Waals surface area contributed by atoms with Gasteiger partial charge in [0, 0.05) is 28.9 Å². The van der Waals surface area contributed by atoms with Crippen LogP contribution in [0.2, 0.25) is 0 Å². The van der Waals surface area contributed by atoms with Gasteiger partial charge in [-0.3, -0.25) is 0 Å². The van der Waals surface area contributed by atoms with Gasteiger partial charge in [-0.15, -0.1) is 11.3 Å². The highest BCUT2D eigenvalue weighted by Crippen LogP contribution is 2.28. The zero-order chi connectivity index (χ0) is 15.7. The zero-order valence-corrected chi connectivity index (χ0v) is 14.7. The van der Waals surface area contributed by atoms with Gasteiger partial charge >= 0.3 is 0 Å². The summed E-state index contributed by atoms with van der Waals surface area (Å²) in [5.74, 6) is 0. The zero-order valence-electron chi connectivity index (χ0n) is 13.0. The molecule has 0 spiro atoms. The Morgan fingerprint density at radius 3 is 2.81 bits per heavy atom. The fourth-order valence-electron chi connectivity index (χ4n) is 2.67. The van der Waals surface area contributed by atoms with Gasteiger partial charge in [-0.2, -0.15) is 0 Å². The SMILES string of the molecule is CNCc1cc(S(=O)(=O)NC2CCOC(C)(C)C2)c(C)s1. The summed E-state index contributed by atoms with van der Waals surface area (Å²) in [5, 5.41) is 3.05. The van der Waals surface area contributed by atoms with Crippen LogP contribution in [0.1, 0.15) is 36.4 Å². The number of hydrogen-bond donors (Lipinski definition) is 2. The molecule has 0 aliphatic carbocycles. The van der Waals surface area contributed by atoms with E-state index >= 15 is 0 Å². The molecule has 0 amide bonds. The Morgan fingerprint density at radius 2 is 2.19 bits per heavy atom. The normalized spacial score (nSPS) is 22.4. The second-order valence-corrected chi connectivity index (χ2v) is 9.11. The topological polar surface area (TPSA) is 67.4 Å². The summed E-state index contributed by atoms with van der Waals surface area (Å²) < 4.78 is 33.6. The van der Waals surface area contributed by atoms with E-state index in [9.17, 15) is 8.42 Å². The maximum Gasteiger partial charge on any atom is 0.241 e. The highest BCUT2D eigenvalue weighted by Gasteiger charge is 2.32. The van der Waals surface area contributed by atoms with Crippen molar-refractivity contribution in [1.82, 2.24) is 10.0 Å². The van der Waals surface area contributed by atoms with E-state index in [1.165, 1.54) is 11.3 Å². The Bertz CT molecular complexity index is 593. The second-order valence-electron chi connectivity index (χ2n) is 6.08. The summed E-state index contributed by atoms with van der Waals surface area (Å²) in [6.45, 7) is 7.12. The van der Waals surface area contributed by atoms with Crippen molar-refractivity contribution >= 4 is 21.4 Å². The van der Waals surface area contributed by atoms with Crippen molar-refractivity contribution in [3.05, 3.63) is 15.8 Å². The van der Waals surface area contributed by atoms with Crippen LogP contribution in [0.15, 0.2) is 11.0 Å². The van der Waals surface area contributed by atoms with E-state index in [1.54, 1.807) is 6.07 Å². The van der Waals surface area contributed by atoms with Crippen LogP contribution >= 0.6 is 11.3 Å². The first-order valence-corrected chi connectivity index (χ1v) is 9.44. The first-order valence-electron chi connectivity index (χ1n) is 7.14. The van der Waals surface area contributed by atoms with E-state index < -0.39 is 10.0 Å². The number of rotatable bonds is 5. The lowest BCUT2D eigenvalue weighted by Crippen LogP contribution is -2.45. The fourth-order valence-corrected chi connectivity index (χ4v) is 5.59. The third kappa shape index (κ3) is 4.26. The molecule has 2 heterocycles. The Labute approximate surface area is 131 Å². The van der Waals surface area contributed by atoms with Crippen molar-refractivity contribution in [1.29, 1.82) is 0 Å². The Kier molecular flexibility index (Phi) is 5.10. The number of aryl methyl sites for hydroxylation is 1. The van der Waals surface area contributed by atoms with Crippen LogP contribution in [-0.2, 0) is 21.3 Å². The van der Waals surface area contributed by atoms with Crippen LogP contribution in [0, 0.1) is 6.92 Å². The molecule has 5 nitrogen and oxygen atoms in total. The maximum absolute atomic E-state index is 12.6. The van der Waals surface area contributed by atoms with Crippen molar-refractivity contribution in [2.75, 3.05) is 13.7 Å². The number of thiophene rings is 1. The summed E-state index contributed by atoms with van der Waals surface area (Å²) in [5.41, 5.74) is -0.271. The van der Waals surface area contributed by atoms with Gasteiger partial charge in [0.25, 0.3) is 0 Å². The smallest absolute Gasteiger partial charge is 0.241 e. The molecule has 1 atom stereocenters. The molecule has 1 unspecified atom stereocenters. The van der Waals surface area contributed by atoms with Gasteiger partial charge < -0.3 is 10.1 Å². The molecule has 0 bridgehead atoms. The molecule has 0 radical (unpaired) electrons. The van der Waals surface area contributed by atoms with Crippen LogP contribution in [0.5, 0.6) is 0 Å². The number of sulfonamides is 1. The van der Waals surface area contributed by atoms with E-state index in [4.69, 9.17) is 4.74 Å². The van der Waals surface area contributed by atoms with E-state index in [-0.39, 0.29) is 11.6 Å². The van der Waals surface area contributed by atoms with E-state index in [2.05, 4.69) is 10.0 Å². The number of hydrogen-bond acceptors (Lipinski definition) is 5. The predicted octanol–water partition coefficient (Wildman–Crippen LogP) is 2.01. The minimum Gasteiger partial charge on any atom is -0.375 e. The lowest BCUT2D eigenvalue weighted by Gasteiger charge is -2.35. The van der Waals surface area contributed by atoms with Crippen LogP contribution in [0.4, 0.5) is 0 Å². The second kappa shape index (κ2) is 6.34. The lowest BCUT2D eigenvalue weighted by atomic mass is 9.95. The van der Waals surface area contributed by atoms with Gasteiger partial charge in [-0.1, -0.05) is 0 Å². The van der Waals surface area contributed by atoms with Crippen LogP contribution < -0.4 is 10.0 Å². The quantitative estimate of drug-likeness (QED) is 0.865. The van der Waals surface area contributed by atoms with Crippen molar-refractivity contribution < 1.29 is 13.2 Å². The Balaban J connectivity index is 2.15. The predicted molar refractivity (Wildman–Crippen MR) is 85.2 cm³/mol. The minimum absolute atomic E-state index is 0.0641. The molecule has 1 fully saturated rings. The van der Waals surface area contributed by atoms with Gasteiger partial charge in [0.05, 0.1) is 10.5 Å². The van der Waals surface area contributed by atoms with E-state index in [0.29, 0.717) is 24.5 Å².